The van der Waals surface area contributed by atoms with Crippen LogP contribution in [0.4, 0.5) is 0 Å². The average molecular weight is 583 g/mol. The lowest BCUT2D eigenvalue weighted by Crippen LogP contribution is -2.25. The van der Waals surface area contributed by atoms with Crippen molar-refractivity contribution in [2.24, 2.45) is 0 Å². The van der Waals surface area contributed by atoms with Gasteiger partial charge in [0.05, 0.1) is 5.41 Å². The van der Waals surface area contributed by atoms with Gasteiger partial charge in [0.2, 0.25) is 0 Å². The normalized spacial score (nSPS) is 14.0. The monoisotopic (exact) mass is 582 g/mol. The minimum Gasteiger partial charge on any atom is -0.456 e. The summed E-state index contributed by atoms with van der Waals surface area (Å²) in [7, 11) is 0. The van der Waals surface area contributed by atoms with Crippen molar-refractivity contribution in [3.8, 4) is 56.0 Å². The van der Waals surface area contributed by atoms with E-state index in [1.807, 2.05) is 0 Å². The van der Waals surface area contributed by atoms with Gasteiger partial charge in [0, 0.05) is 10.9 Å². The quantitative estimate of drug-likeness (QED) is 0.187. The van der Waals surface area contributed by atoms with Crippen LogP contribution in [0.1, 0.15) is 22.3 Å². The molecule has 0 amide bonds. The van der Waals surface area contributed by atoms with Crippen molar-refractivity contribution < 1.29 is 4.74 Å². The maximum atomic E-state index is 6.45. The molecule has 8 aromatic carbocycles. The molecule has 212 valence electrons. The minimum atomic E-state index is -0.389. The number of benzene rings is 8. The van der Waals surface area contributed by atoms with Gasteiger partial charge in [-0.25, -0.2) is 0 Å². The Kier molecular flexibility index (Phi) is 4.57. The first-order valence-electron chi connectivity index (χ1n) is 16.0. The van der Waals surface area contributed by atoms with Gasteiger partial charge >= 0.3 is 0 Å². The minimum absolute atomic E-state index is 0.389. The summed E-state index contributed by atoms with van der Waals surface area (Å²) >= 11 is 0. The van der Waals surface area contributed by atoms with Crippen LogP contribution < -0.4 is 4.74 Å². The lowest BCUT2D eigenvalue weighted by Gasteiger charge is -2.31. The van der Waals surface area contributed by atoms with E-state index in [2.05, 4.69) is 158 Å². The molecule has 1 heteroatoms. The zero-order valence-corrected chi connectivity index (χ0v) is 24.9. The van der Waals surface area contributed by atoms with E-state index in [4.69, 9.17) is 4.74 Å². The van der Waals surface area contributed by atoms with Crippen LogP contribution in [-0.4, -0.2) is 0 Å². The Labute approximate surface area is 267 Å². The Hall–Kier alpha value is -5.92. The van der Waals surface area contributed by atoms with Crippen LogP contribution in [0.3, 0.4) is 0 Å². The van der Waals surface area contributed by atoms with Gasteiger partial charge < -0.3 is 4.74 Å². The third kappa shape index (κ3) is 2.96. The highest BCUT2D eigenvalue weighted by molar-refractivity contribution is 6.05. The SMILES string of the molecule is c1ccc2c(c1)-c1ccccc1C21c2cc(-c3ccc4c(c3)-c3cccc5cccc(c35)O4)ccc2-c2cc3ccccc3cc21. The van der Waals surface area contributed by atoms with Crippen molar-refractivity contribution in [1.82, 2.24) is 0 Å². The van der Waals surface area contributed by atoms with E-state index in [1.54, 1.807) is 0 Å². The van der Waals surface area contributed by atoms with Crippen LogP contribution in [0.2, 0.25) is 0 Å². The second-order valence-corrected chi connectivity index (χ2v) is 12.8. The zero-order valence-electron chi connectivity index (χ0n) is 24.9. The molecule has 2 aliphatic carbocycles. The van der Waals surface area contributed by atoms with Crippen molar-refractivity contribution in [3.63, 3.8) is 0 Å². The van der Waals surface area contributed by atoms with Gasteiger partial charge in [-0.3, -0.25) is 0 Å². The molecule has 0 saturated carbocycles. The smallest absolute Gasteiger partial charge is 0.135 e. The van der Waals surface area contributed by atoms with Crippen molar-refractivity contribution >= 4 is 21.5 Å². The van der Waals surface area contributed by atoms with Crippen LogP contribution in [0, 0.1) is 0 Å². The Morgan fingerprint density at radius 3 is 1.72 bits per heavy atom. The Morgan fingerprint density at radius 2 is 0.913 bits per heavy atom. The summed E-state index contributed by atoms with van der Waals surface area (Å²) in [5, 5.41) is 4.94. The number of fused-ring (bicyclic) bond motifs is 13. The number of rotatable bonds is 1. The average Bonchev–Trinajstić information content (AvgIpc) is 3.57. The van der Waals surface area contributed by atoms with Gasteiger partial charge in [-0.1, -0.05) is 121 Å². The maximum absolute atomic E-state index is 6.45. The molecule has 11 rings (SSSR count). The first-order chi connectivity index (χ1) is 22.8. The molecule has 46 heavy (non-hydrogen) atoms. The molecule has 0 radical (unpaired) electrons. The number of ether oxygens (including phenoxy) is 1. The lowest BCUT2D eigenvalue weighted by atomic mass is 9.70. The van der Waals surface area contributed by atoms with Gasteiger partial charge in [0.1, 0.15) is 11.5 Å². The van der Waals surface area contributed by atoms with Crippen molar-refractivity contribution in [2.75, 3.05) is 0 Å². The molecular formula is C45H26O. The summed E-state index contributed by atoms with van der Waals surface area (Å²) in [5.74, 6) is 1.84. The molecule has 0 fully saturated rings. The molecule has 1 aliphatic heterocycles. The first-order valence-corrected chi connectivity index (χ1v) is 16.0. The summed E-state index contributed by atoms with van der Waals surface area (Å²) in [4.78, 5) is 0. The largest absolute Gasteiger partial charge is 0.456 e. The van der Waals surface area contributed by atoms with Crippen LogP contribution >= 0.6 is 0 Å². The third-order valence-corrected chi connectivity index (χ3v) is 10.6. The summed E-state index contributed by atoms with van der Waals surface area (Å²) in [6.07, 6.45) is 0. The van der Waals surface area contributed by atoms with Crippen LogP contribution in [0.5, 0.6) is 11.5 Å². The molecule has 0 N–H and O–H groups in total. The molecule has 0 saturated heterocycles. The molecule has 1 spiro atoms. The molecule has 8 aromatic rings. The molecule has 0 unspecified atom stereocenters. The summed E-state index contributed by atoms with van der Waals surface area (Å²) in [6.45, 7) is 0. The highest BCUT2D eigenvalue weighted by Gasteiger charge is 2.51. The second kappa shape index (κ2) is 8.62. The van der Waals surface area contributed by atoms with E-state index in [1.165, 1.54) is 82.7 Å². The molecule has 1 nitrogen and oxygen atoms in total. The van der Waals surface area contributed by atoms with E-state index in [0.29, 0.717) is 0 Å². The number of hydrogen-bond acceptors (Lipinski definition) is 1. The summed E-state index contributed by atoms with van der Waals surface area (Å²) in [6, 6.07) is 58.4. The Bertz CT molecular complexity index is 2570. The summed E-state index contributed by atoms with van der Waals surface area (Å²) < 4.78 is 6.45. The molecule has 0 bridgehead atoms. The maximum Gasteiger partial charge on any atom is 0.135 e. The van der Waals surface area contributed by atoms with Crippen LogP contribution in [-0.2, 0) is 5.41 Å². The Morgan fingerprint density at radius 1 is 0.326 bits per heavy atom. The fraction of sp³-hybridized carbons (Fsp3) is 0.0222. The van der Waals surface area contributed by atoms with E-state index < -0.39 is 0 Å². The standard InChI is InChI=1S/C45H26O/c1-2-10-29-25-41-36(23-28(29)9-1)34-21-19-31(26-40(34)45(41)38-16-5-3-13-32(38)33-14-4-6-17-39(33)45)30-20-22-42-37(24-30)35-15-7-11-27-12-8-18-43(46-42)44(27)35/h1-26H. The van der Waals surface area contributed by atoms with E-state index in [-0.39, 0.29) is 5.41 Å². The van der Waals surface area contributed by atoms with E-state index in [0.717, 1.165) is 17.1 Å². The zero-order chi connectivity index (χ0) is 30.0. The predicted octanol–water partition coefficient (Wildman–Crippen LogP) is 11.8. The fourth-order valence-corrected chi connectivity index (χ4v) is 8.75. The topological polar surface area (TPSA) is 9.23 Å². The van der Waals surface area contributed by atoms with Gasteiger partial charge in [-0.05, 0) is 114 Å². The van der Waals surface area contributed by atoms with Crippen LogP contribution in [0.15, 0.2) is 158 Å². The molecule has 0 atom stereocenters. The van der Waals surface area contributed by atoms with Crippen molar-refractivity contribution in [3.05, 3.63) is 180 Å². The van der Waals surface area contributed by atoms with Crippen molar-refractivity contribution in [2.45, 2.75) is 5.41 Å². The third-order valence-electron chi connectivity index (χ3n) is 10.6. The molecule has 0 aromatic heterocycles. The summed E-state index contributed by atoms with van der Waals surface area (Å²) in [5.41, 5.74) is 15.1. The second-order valence-electron chi connectivity index (χ2n) is 12.8. The molecular weight excluding hydrogens is 556 g/mol. The molecule has 3 aliphatic rings. The van der Waals surface area contributed by atoms with Crippen molar-refractivity contribution in [1.29, 1.82) is 0 Å². The fourth-order valence-electron chi connectivity index (χ4n) is 8.75. The highest BCUT2D eigenvalue weighted by Crippen LogP contribution is 2.63. The van der Waals surface area contributed by atoms with Gasteiger partial charge in [0.15, 0.2) is 0 Å². The lowest BCUT2D eigenvalue weighted by molar-refractivity contribution is 0.487. The molecule has 1 heterocycles. The first kappa shape index (κ1) is 24.4. The number of hydrogen-bond donors (Lipinski definition) is 0. The van der Waals surface area contributed by atoms with E-state index >= 15 is 0 Å². The van der Waals surface area contributed by atoms with Gasteiger partial charge in [-0.15, -0.1) is 0 Å². The highest BCUT2D eigenvalue weighted by atomic mass is 16.5. The van der Waals surface area contributed by atoms with Gasteiger partial charge in [0.25, 0.3) is 0 Å². The Balaban J connectivity index is 1.19. The predicted molar refractivity (Wildman–Crippen MR) is 189 cm³/mol. The van der Waals surface area contributed by atoms with Gasteiger partial charge in [-0.2, -0.15) is 0 Å². The van der Waals surface area contributed by atoms with Crippen LogP contribution in [0.25, 0.3) is 66.1 Å². The van der Waals surface area contributed by atoms with E-state index in [9.17, 15) is 0 Å².